The van der Waals surface area contributed by atoms with Crippen LogP contribution in [0.5, 0.6) is 5.75 Å². The van der Waals surface area contributed by atoms with Crippen LogP contribution in [0.1, 0.15) is 11.1 Å². The van der Waals surface area contributed by atoms with Crippen LogP contribution in [-0.4, -0.2) is 14.6 Å². The van der Waals surface area contributed by atoms with E-state index in [4.69, 9.17) is 0 Å². The van der Waals surface area contributed by atoms with Crippen molar-refractivity contribution in [1.82, 2.24) is 4.72 Å². The lowest BCUT2D eigenvalue weighted by Crippen LogP contribution is -2.58. The Bertz CT molecular complexity index is 930. The van der Waals surface area contributed by atoms with E-state index < -0.39 is 33.3 Å². The highest BCUT2D eigenvalue weighted by Crippen LogP contribution is 2.45. The zero-order chi connectivity index (χ0) is 17.4. The molecule has 0 bridgehead atoms. The zero-order valence-electron chi connectivity index (χ0n) is 12.0. The van der Waals surface area contributed by atoms with E-state index in [0.29, 0.717) is 5.56 Å². The maximum atomic E-state index is 13.8. The summed E-state index contributed by atoms with van der Waals surface area (Å²) in [7, 11) is -4.66. The normalized spacial score (nSPS) is 21.8. The van der Waals surface area contributed by atoms with Gasteiger partial charge in [-0.15, -0.1) is 0 Å². The van der Waals surface area contributed by atoms with E-state index in [1.165, 1.54) is 29.0 Å². The second kappa shape index (κ2) is 5.54. The smallest absolute Gasteiger partial charge is 0.370 e. The molecule has 8 heteroatoms. The lowest BCUT2D eigenvalue weighted by molar-refractivity contribution is -0.177. The number of alkyl halides is 3. The van der Waals surface area contributed by atoms with Gasteiger partial charge in [-0.2, -0.15) is 26.3 Å². The highest BCUT2D eigenvalue weighted by atomic mass is 32.2. The van der Waals surface area contributed by atoms with Crippen molar-refractivity contribution >= 4 is 10.3 Å². The molecule has 1 atom stereocenters. The van der Waals surface area contributed by atoms with Gasteiger partial charge in [0.05, 0.1) is 0 Å². The van der Waals surface area contributed by atoms with Gasteiger partial charge in [-0.3, -0.25) is 0 Å². The van der Waals surface area contributed by atoms with Gasteiger partial charge >= 0.3 is 16.5 Å². The van der Waals surface area contributed by atoms with Gasteiger partial charge in [0.25, 0.3) is 0 Å². The summed E-state index contributed by atoms with van der Waals surface area (Å²) < 4.78 is 71.2. The summed E-state index contributed by atoms with van der Waals surface area (Å²) in [6, 6.07) is 13.0. The van der Waals surface area contributed by atoms with Crippen LogP contribution >= 0.6 is 0 Å². The Morgan fingerprint density at radius 3 is 2.29 bits per heavy atom. The minimum absolute atomic E-state index is 0.323. The molecule has 3 rings (SSSR count). The first kappa shape index (κ1) is 16.4. The number of benzene rings is 2. The van der Waals surface area contributed by atoms with Crippen LogP contribution in [-0.2, 0) is 15.8 Å². The van der Waals surface area contributed by atoms with Crippen molar-refractivity contribution in [2.75, 3.05) is 0 Å². The molecule has 0 radical (unpaired) electrons. The Balaban J connectivity index is 2.26. The van der Waals surface area contributed by atoms with E-state index in [2.05, 4.69) is 16.0 Å². The number of hydrogen-bond acceptors (Lipinski definition) is 3. The molecule has 1 aliphatic rings. The molecule has 24 heavy (non-hydrogen) atoms. The molecule has 1 N–H and O–H groups in total. The fourth-order valence-electron chi connectivity index (χ4n) is 2.29. The van der Waals surface area contributed by atoms with E-state index in [9.17, 15) is 21.6 Å². The van der Waals surface area contributed by atoms with Crippen molar-refractivity contribution in [1.29, 1.82) is 0 Å². The Labute approximate surface area is 136 Å². The lowest BCUT2D eigenvalue weighted by atomic mass is 9.89. The second-order valence-corrected chi connectivity index (χ2v) is 6.28. The molecule has 0 aromatic heterocycles. The predicted molar refractivity (Wildman–Crippen MR) is 80.2 cm³/mol. The maximum Gasteiger partial charge on any atom is 0.423 e. The summed E-state index contributed by atoms with van der Waals surface area (Å²) in [6.07, 6.45) is -5.00. The van der Waals surface area contributed by atoms with E-state index >= 15 is 0 Å². The summed E-state index contributed by atoms with van der Waals surface area (Å²) in [5.41, 5.74) is -3.17. The summed E-state index contributed by atoms with van der Waals surface area (Å²) in [5, 5.41) is 0. The Kier molecular flexibility index (Phi) is 3.78. The van der Waals surface area contributed by atoms with Crippen molar-refractivity contribution in [2.24, 2.45) is 0 Å². The number of nitrogens with one attached hydrogen (secondary N) is 1. The standard InChI is InChI=1S/C16H10F3NO3S/c17-16(18,19)15(11-10-12-6-2-1-3-7-12)13-8-4-5-9-14(13)23-24(21,22)20-15/h1-9,20H. The van der Waals surface area contributed by atoms with E-state index in [-0.39, 0.29) is 0 Å². The zero-order valence-corrected chi connectivity index (χ0v) is 12.8. The molecular weight excluding hydrogens is 343 g/mol. The maximum absolute atomic E-state index is 13.8. The SMILES string of the molecule is O=S1(=O)NC(C#Cc2ccccc2)(C(F)(F)F)c2ccccc2O1. The van der Waals surface area contributed by atoms with Gasteiger partial charge in [-0.05, 0) is 18.2 Å². The van der Waals surface area contributed by atoms with Crippen LogP contribution in [0.25, 0.3) is 0 Å². The van der Waals surface area contributed by atoms with E-state index in [1.807, 2.05) is 0 Å². The van der Waals surface area contributed by atoms with Crippen molar-refractivity contribution in [3.63, 3.8) is 0 Å². The first-order valence-corrected chi connectivity index (χ1v) is 8.12. The van der Waals surface area contributed by atoms with Gasteiger partial charge in [0.15, 0.2) is 0 Å². The predicted octanol–water partition coefficient (Wildman–Crippen LogP) is 2.72. The topological polar surface area (TPSA) is 55.4 Å². The average molecular weight is 353 g/mol. The van der Waals surface area contributed by atoms with Gasteiger partial charge in [0, 0.05) is 11.1 Å². The first-order valence-electron chi connectivity index (χ1n) is 6.71. The molecule has 2 aromatic carbocycles. The molecule has 124 valence electrons. The fourth-order valence-corrected chi connectivity index (χ4v) is 3.37. The molecule has 0 amide bonds. The Hall–Kier alpha value is -2.50. The highest BCUT2D eigenvalue weighted by Gasteiger charge is 2.61. The van der Waals surface area contributed by atoms with Crippen LogP contribution in [0, 0.1) is 11.8 Å². The van der Waals surface area contributed by atoms with Crippen LogP contribution < -0.4 is 8.91 Å². The van der Waals surface area contributed by atoms with Crippen molar-refractivity contribution < 1.29 is 25.8 Å². The molecule has 2 aromatic rings. The van der Waals surface area contributed by atoms with Gasteiger partial charge in [-0.25, -0.2) is 0 Å². The molecule has 0 aliphatic carbocycles. The molecule has 1 aliphatic heterocycles. The number of para-hydroxylation sites is 1. The quantitative estimate of drug-likeness (QED) is 0.741. The van der Waals surface area contributed by atoms with Crippen LogP contribution in [0.4, 0.5) is 13.2 Å². The summed E-state index contributed by atoms with van der Waals surface area (Å²) in [6.45, 7) is 0. The largest absolute Gasteiger partial charge is 0.423 e. The number of hydrogen-bond donors (Lipinski definition) is 1. The average Bonchev–Trinajstić information content (AvgIpc) is 2.51. The van der Waals surface area contributed by atoms with Gasteiger partial charge < -0.3 is 4.18 Å². The Morgan fingerprint density at radius 1 is 1.00 bits per heavy atom. The number of fused-ring (bicyclic) bond motifs is 1. The number of rotatable bonds is 0. The lowest BCUT2D eigenvalue weighted by Gasteiger charge is -2.35. The molecule has 0 saturated carbocycles. The van der Waals surface area contributed by atoms with Crippen molar-refractivity contribution in [3.05, 3.63) is 65.7 Å². The monoisotopic (exact) mass is 353 g/mol. The molecule has 0 spiro atoms. The molecular formula is C16H10F3NO3S. The van der Waals surface area contributed by atoms with Crippen molar-refractivity contribution in [3.8, 4) is 17.6 Å². The highest BCUT2D eigenvalue weighted by molar-refractivity contribution is 7.85. The Morgan fingerprint density at radius 2 is 1.62 bits per heavy atom. The summed E-state index contributed by atoms with van der Waals surface area (Å²) in [4.78, 5) is 0. The molecule has 1 heterocycles. The fraction of sp³-hybridized carbons (Fsp3) is 0.125. The molecule has 0 fully saturated rings. The van der Waals surface area contributed by atoms with Crippen LogP contribution in [0.15, 0.2) is 54.6 Å². The summed E-state index contributed by atoms with van der Waals surface area (Å²) in [5.74, 6) is 4.04. The molecule has 0 saturated heterocycles. The van der Waals surface area contributed by atoms with Crippen molar-refractivity contribution in [2.45, 2.75) is 11.7 Å². The summed E-state index contributed by atoms with van der Waals surface area (Å²) >= 11 is 0. The third-order valence-electron chi connectivity index (χ3n) is 3.36. The molecule has 4 nitrogen and oxygen atoms in total. The minimum atomic E-state index is -5.00. The van der Waals surface area contributed by atoms with Gasteiger partial charge in [0.2, 0.25) is 5.54 Å². The molecule has 1 unspecified atom stereocenters. The van der Waals surface area contributed by atoms with Crippen LogP contribution in [0.3, 0.4) is 0 Å². The third-order valence-corrected chi connectivity index (χ3v) is 4.32. The first-order chi connectivity index (χ1) is 11.2. The van der Waals surface area contributed by atoms with Gasteiger partial charge in [-0.1, -0.05) is 48.2 Å². The van der Waals surface area contributed by atoms with E-state index in [1.54, 1.807) is 18.2 Å². The van der Waals surface area contributed by atoms with Crippen LogP contribution in [0.2, 0.25) is 0 Å². The second-order valence-electron chi connectivity index (χ2n) is 5.00. The van der Waals surface area contributed by atoms with E-state index in [0.717, 1.165) is 12.1 Å². The van der Waals surface area contributed by atoms with Gasteiger partial charge in [0.1, 0.15) is 5.75 Å². The minimum Gasteiger partial charge on any atom is -0.370 e. The number of halogens is 3. The third kappa shape index (κ3) is 2.84.